The van der Waals surface area contributed by atoms with Gasteiger partial charge in [0.25, 0.3) is 11.8 Å². The Bertz CT molecular complexity index is 1430. The summed E-state index contributed by atoms with van der Waals surface area (Å²) in [4.78, 5) is 54.5. The van der Waals surface area contributed by atoms with Gasteiger partial charge in [-0.1, -0.05) is 12.1 Å². The number of amides is 3. The van der Waals surface area contributed by atoms with Crippen LogP contribution < -0.4 is 15.5 Å². The van der Waals surface area contributed by atoms with Crippen LogP contribution in [0.1, 0.15) is 51.9 Å². The highest BCUT2D eigenvalue weighted by atomic mass is 32.1. The molecule has 216 valence electrons. The van der Waals surface area contributed by atoms with Crippen molar-refractivity contribution < 1.29 is 33.4 Å². The number of methoxy groups -OCH3 is 1. The molecule has 1 aliphatic rings. The molecule has 0 radical (unpaired) electrons. The van der Waals surface area contributed by atoms with Crippen LogP contribution in [0.15, 0.2) is 60.0 Å². The molecule has 2 heterocycles. The lowest BCUT2D eigenvalue weighted by Crippen LogP contribution is -2.58. The number of anilines is 2. The van der Waals surface area contributed by atoms with Crippen molar-refractivity contribution in [3.63, 3.8) is 0 Å². The molecular weight excluding hydrogens is 551 g/mol. The molecule has 0 saturated carbocycles. The minimum Gasteiger partial charge on any atom is -0.481 e. The van der Waals surface area contributed by atoms with Gasteiger partial charge in [-0.05, 0) is 61.7 Å². The number of carboxylic acids is 1. The Labute approximate surface area is 240 Å². The normalized spacial score (nSPS) is 17.5. The van der Waals surface area contributed by atoms with Crippen LogP contribution >= 0.6 is 11.3 Å². The summed E-state index contributed by atoms with van der Waals surface area (Å²) >= 11 is 1.34. The van der Waals surface area contributed by atoms with E-state index in [4.69, 9.17) is 4.74 Å². The van der Waals surface area contributed by atoms with E-state index in [-0.39, 0.29) is 29.6 Å². The second kappa shape index (κ2) is 12.8. The average Bonchev–Trinajstić information content (AvgIpc) is 3.48. The Kier molecular flexibility index (Phi) is 9.23. The fourth-order valence-corrected chi connectivity index (χ4v) is 5.59. The second-order valence-electron chi connectivity index (χ2n) is 9.81. The van der Waals surface area contributed by atoms with Crippen LogP contribution in [-0.2, 0) is 9.53 Å². The topological polar surface area (TPSA) is 128 Å². The first-order valence-corrected chi connectivity index (χ1v) is 13.8. The van der Waals surface area contributed by atoms with Gasteiger partial charge in [-0.3, -0.25) is 14.4 Å². The van der Waals surface area contributed by atoms with E-state index in [9.17, 15) is 28.7 Å². The zero-order valence-electron chi connectivity index (χ0n) is 22.8. The van der Waals surface area contributed by atoms with Crippen molar-refractivity contribution in [2.24, 2.45) is 0 Å². The van der Waals surface area contributed by atoms with Crippen LogP contribution in [0.5, 0.6) is 0 Å². The molecule has 41 heavy (non-hydrogen) atoms. The number of benzene rings is 2. The number of thiophene rings is 1. The molecule has 3 amide bonds. The maximum Gasteiger partial charge on any atom is 0.409 e. The Morgan fingerprint density at radius 3 is 2.44 bits per heavy atom. The van der Waals surface area contributed by atoms with Crippen LogP contribution in [0.4, 0.5) is 20.6 Å². The fraction of sp³-hybridized carbons (Fsp3) is 0.310. The van der Waals surface area contributed by atoms with Gasteiger partial charge in [0.05, 0.1) is 30.9 Å². The van der Waals surface area contributed by atoms with E-state index in [1.165, 1.54) is 42.7 Å². The first-order valence-electron chi connectivity index (χ1n) is 13.0. The Morgan fingerprint density at radius 1 is 1.02 bits per heavy atom. The molecule has 12 heteroatoms. The summed E-state index contributed by atoms with van der Waals surface area (Å²) in [6, 6.07) is 12.5. The van der Waals surface area contributed by atoms with Crippen molar-refractivity contribution in [2.75, 3.05) is 30.4 Å². The standard InChI is InChI=1S/C29H31FN4O6S/c1-17-16-34(29(39)40-3)18(2)15-33(17)24-10-9-20(13-22(24)31-27(37)19-6-4-7-21(30)12-19)28(38)32-23(14-26(35)36)25-8-5-11-41-25/h4-13,17-18,23H,14-16H2,1-3H3,(H,31,37)(H,32,38)(H,35,36). The molecule has 1 fully saturated rings. The SMILES string of the molecule is COC(=O)N1CC(C)N(c2ccc(C(=O)NC(CC(=O)O)c3cccs3)cc2NC(=O)c2cccc(F)c2)CC1C. The number of piperazine rings is 1. The van der Waals surface area contributed by atoms with Gasteiger partial charge in [0.15, 0.2) is 0 Å². The summed E-state index contributed by atoms with van der Waals surface area (Å²) in [5.74, 6) is -2.71. The number of nitrogens with one attached hydrogen (secondary N) is 2. The lowest BCUT2D eigenvalue weighted by molar-refractivity contribution is -0.137. The number of carboxylic acid groups (broad SMARTS) is 1. The van der Waals surface area contributed by atoms with Gasteiger partial charge >= 0.3 is 12.1 Å². The maximum atomic E-state index is 13.8. The monoisotopic (exact) mass is 582 g/mol. The highest BCUT2D eigenvalue weighted by Gasteiger charge is 2.34. The van der Waals surface area contributed by atoms with Crippen LogP contribution in [0, 0.1) is 5.82 Å². The molecule has 0 aliphatic carbocycles. The number of ether oxygens (including phenoxy) is 1. The third kappa shape index (κ3) is 7.01. The number of halogens is 1. The molecule has 0 spiro atoms. The molecule has 3 N–H and O–H groups in total. The Balaban J connectivity index is 1.67. The zero-order chi connectivity index (χ0) is 29.7. The van der Waals surface area contributed by atoms with Crippen molar-refractivity contribution in [2.45, 2.75) is 38.4 Å². The number of hydrogen-bond donors (Lipinski definition) is 3. The average molecular weight is 583 g/mol. The van der Waals surface area contributed by atoms with Gasteiger partial charge < -0.3 is 30.3 Å². The number of rotatable bonds is 8. The van der Waals surface area contributed by atoms with Crippen LogP contribution in [0.25, 0.3) is 0 Å². The predicted octanol–water partition coefficient (Wildman–Crippen LogP) is 4.75. The zero-order valence-corrected chi connectivity index (χ0v) is 23.6. The number of carbonyl (C=O) groups is 4. The third-order valence-corrected chi connectivity index (χ3v) is 7.85. The highest BCUT2D eigenvalue weighted by molar-refractivity contribution is 7.10. The quantitative estimate of drug-likeness (QED) is 0.350. The highest BCUT2D eigenvalue weighted by Crippen LogP contribution is 2.33. The molecule has 3 aromatic rings. The smallest absolute Gasteiger partial charge is 0.409 e. The van der Waals surface area contributed by atoms with E-state index in [0.717, 1.165) is 6.07 Å². The molecule has 0 bridgehead atoms. The molecule has 4 rings (SSSR count). The van der Waals surface area contributed by atoms with Crippen LogP contribution in [0.2, 0.25) is 0 Å². The van der Waals surface area contributed by atoms with Crippen LogP contribution in [0.3, 0.4) is 0 Å². The lowest BCUT2D eigenvalue weighted by atomic mass is 10.0. The molecule has 10 nitrogen and oxygen atoms in total. The van der Waals surface area contributed by atoms with Gasteiger partial charge in [0.2, 0.25) is 0 Å². The Morgan fingerprint density at radius 2 is 1.78 bits per heavy atom. The minimum absolute atomic E-state index is 0.0990. The molecule has 3 atom stereocenters. The Hall–Kier alpha value is -4.45. The molecule has 1 saturated heterocycles. The maximum absolute atomic E-state index is 13.8. The van der Waals surface area contributed by atoms with E-state index in [2.05, 4.69) is 10.6 Å². The number of carbonyl (C=O) groups excluding carboxylic acids is 3. The third-order valence-electron chi connectivity index (χ3n) is 6.87. The predicted molar refractivity (Wildman–Crippen MR) is 153 cm³/mol. The van der Waals surface area contributed by atoms with E-state index in [0.29, 0.717) is 29.3 Å². The van der Waals surface area contributed by atoms with Gasteiger partial charge in [0, 0.05) is 41.2 Å². The first kappa shape index (κ1) is 29.5. The van der Waals surface area contributed by atoms with E-state index in [1.807, 2.05) is 18.7 Å². The first-order chi connectivity index (χ1) is 19.6. The summed E-state index contributed by atoms with van der Waals surface area (Å²) in [5.41, 5.74) is 1.21. The van der Waals surface area contributed by atoms with Crippen molar-refractivity contribution in [3.8, 4) is 0 Å². The van der Waals surface area contributed by atoms with Crippen molar-refractivity contribution in [3.05, 3.63) is 81.8 Å². The summed E-state index contributed by atoms with van der Waals surface area (Å²) in [6.07, 6.45) is -0.731. The van der Waals surface area contributed by atoms with E-state index in [1.54, 1.807) is 34.5 Å². The second-order valence-corrected chi connectivity index (χ2v) is 10.8. The van der Waals surface area contributed by atoms with Crippen LogP contribution in [-0.4, -0.2) is 66.2 Å². The van der Waals surface area contributed by atoms with E-state index < -0.39 is 35.7 Å². The largest absolute Gasteiger partial charge is 0.481 e. The van der Waals surface area contributed by atoms with Gasteiger partial charge in [-0.25, -0.2) is 9.18 Å². The summed E-state index contributed by atoms with van der Waals surface area (Å²) in [7, 11) is 1.33. The number of aliphatic carboxylic acids is 1. The van der Waals surface area contributed by atoms with E-state index >= 15 is 0 Å². The van der Waals surface area contributed by atoms with Gasteiger partial charge in [0.1, 0.15) is 5.82 Å². The van der Waals surface area contributed by atoms with Crippen molar-refractivity contribution >= 4 is 46.6 Å². The summed E-state index contributed by atoms with van der Waals surface area (Å²) in [5, 5.41) is 16.8. The summed E-state index contributed by atoms with van der Waals surface area (Å²) in [6.45, 7) is 4.60. The lowest BCUT2D eigenvalue weighted by Gasteiger charge is -2.45. The van der Waals surface area contributed by atoms with Gasteiger partial charge in [-0.15, -0.1) is 11.3 Å². The van der Waals surface area contributed by atoms with Crippen molar-refractivity contribution in [1.29, 1.82) is 0 Å². The molecule has 1 aromatic heterocycles. The number of hydrogen-bond acceptors (Lipinski definition) is 7. The summed E-state index contributed by atoms with van der Waals surface area (Å²) < 4.78 is 18.7. The minimum atomic E-state index is -1.06. The fourth-order valence-electron chi connectivity index (χ4n) is 4.81. The molecule has 2 aromatic carbocycles. The molecule has 3 unspecified atom stereocenters. The number of nitrogens with zero attached hydrogens (tertiary/aromatic N) is 2. The van der Waals surface area contributed by atoms with Crippen molar-refractivity contribution in [1.82, 2.24) is 10.2 Å². The van der Waals surface area contributed by atoms with Gasteiger partial charge in [-0.2, -0.15) is 0 Å². The molecular formula is C29H31FN4O6S. The molecule has 1 aliphatic heterocycles.